The van der Waals surface area contributed by atoms with Crippen LogP contribution in [-0.4, -0.2) is 37.4 Å². The van der Waals surface area contributed by atoms with Gasteiger partial charge in [0.25, 0.3) is 0 Å². The number of hydrogen-bond acceptors (Lipinski definition) is 6. The van der Waals surface area contributed by atoms with E-state index < -0.39 is 12.2 Å². The van der Waals surface area contributed by atoms with Crippen molar-refractivity contribution in [2.75, 3.05) is 13.2 Å². The first-order valence-electron chi connectivity index (χ1n) is 16.3. The number of ether oxygens (including phenoxy) is 4. The molecule has 3 rings (SSSR count). The minimum atomic E-state index is -0.755. The van der Waals surface area contributed by atoms with Crippen molar-refractivity contribution in [1.82, 2.24) is 0 Å². The molecule has 7 heteroatoms. The van der Waals surface area contributed by atoms with Crippen molar-refractivity contribution in [3.05, 3.63) is 47.5 Å². The lowest BCUT2D eigenvalue weighted by Gasteiger charge is -2.24. The molecule has 0 saturated heterocycles. The summed E-state index contributed by atoms with van der Waals surface area (Å²) >= 11 is 6.52. The molecule has 3 aromatic carbocycles. The highest BCUT2D eigenvalue weighted by atomic mass is 35.5. The third-order valence-corrected chi connectivity index (χ3v) is 7.88. The van der Waals surface area contributed by atoms with Crippen molar-refractivity contribution in [1.29, 1.82) is 0 Å². The first kappa shape index (κ1) is 34.5. The number of esters is 2. The van der Waals surface area contributed by atoms with E-state index in [1.54, 1.807) is 19.9 Å². The zero-order chi connectivity index (χ0) is 31.0. The van der Waals surface area contributed by atoms with Gasteiger partial charge in [-0.3, -0.25) is 0 Å². The molecule has 0 fully saturated rings. The molecule has 0 radical (unpaired) electrons. The van der Waals surface area contributed by atoms with Crippen LogP contribution in [0.2, 0.25) is 5.02 Å². The summed E-state index contributed by atoms with van der Waals surface area (Å²) in [5, 5.41) is 3.57. The number of hydrogen-bond donors (Lipinski definition) is 0. The summed E-state index contributed by atoms with van der Waals surface area (Å²) in [5.41, 5.74) is 0. The van der Waals surface area contributed by atoms with E-state index in [4.69, 9.17) is 30.5 Å². The van der Waals surface area contributed by atoms with E-state index in [0.29, 0.717) is 34.7 Å². The highest BCUT2D eigenvalue weighted by molar-refractivity contribution is 6.31. The fourth-order valence-electron chi connectivity index (χ4n) is 5.40. The van der Waals surface area contributed by atoms with Crippen molar-refractivity contribution in [3.8, 4) is 11.5 Å². The summed E-state index contributed by atoms with van der Waals surface area (Å²) in [5.74, 6) is 0.394. The lowest BCUT2D eigenvalue weighted by atomic mass is 9.99. The van der Waals surface area contributed by atoms with Crippen molar-refractivity contribution < 1.29 is 28.5 Å². The molecule has 6 nitrogen and oxygen atoms in total. The molecule has 0 aliphatic carbocycles. The van der Waals surface area contributed by atoms with Gasteiger partial charge in [-0.05, 0) is 57.7 Å². The van der Waals surface area contributed by atoms with E-state index in [-0.39, 0.29) is 25.2 Å². The van der Waals surface area contributed by atoms with Crippen LogP contribution in [0, 0.1) is 0 Å². The number of benzene rings is 3. The number of rotatable bonds is 20. The third kappa shape index (κ3) is 10.0. The van der Waals surface area contributed by atoms with E-state index in [1.165, 1.54) is 12.8 Å². The molecular weight excluding hydrogens is 564 g/mol. The van der Waals surface area contributed by atoms with Crippen LogP contribution in [-0.2, 0) is 19.1 Å². The molecule has 2 unspecified atom stereocenters. The van der Waals surface area contributed by atoms with Crippen LogP contribution < -0.4 is 9.47 Å². The molecule has 2 atom stereocenters. The van der Waals surface area contributed by atoms with Crippen molar-refractivity contribution in [3.63, 3.8) is 0 Å². The Hall–Kier alpha value is -2.99. The number of halogens is 1. The summed E-state index contributed by atoms with van der Waals surface area (Å²) < 4.78 is 24.0. The summed E-state index contributed by atoms with van der Waals surface area (Å²) in [7, 11) is 0. The van der Waals surface area contributed by atoms with Gasteiger partial charge < -0.3 is 18.9 Å². The molecule has 0 aliphatic rings. The largest absolute Gasteiger partial charge is 0.477 e. The van der Waals surface area contributed by atoms with E-state index in [9.17, 15) is 9.59 Å². The highest BCUT2D eigenvalue weighted by Gasteiger charge is 2.28. The molecule has 0 spiro atoms. The summed E-state index contributed by atoms with van der Waals surface area (Å²) in [6, 6.07) is 13.3. The summed E-state index contributed by atoms with van der Waals surface area (Å²) in [6.45, 7) is 8.54. The lowest BCUT2D eigenvalue weighted by molar-refractivity contribution is -0.152. The number of carbonyl (C=O) groups excluding carboxylic acids is 2. The Bertz CT molecular complexity index is 1310. The van der Waals surface area contributed by atoms with E-state index in [0.717, 1.165) is 67.5 Å². The van der Waals surface area contributed by atoms with E-state index in [1.807, 2.05) is 36.4 Å². The molecule has 3 aromatic rings. The number of unbranched alkanes of at least 4 members (excludes halogenated alkanes) is 8. The summed E-state index contributed by atoms with van der Waals surface area (Å²) in [4.78, 5) is 26.1. The van der Waals surface area contributed by atoms with Crippen LogP contribution in [0.25, 0.3) is 21.5 Å². The topological polar surface area (TPSA) is 71.1 Å². The van der Waals surface area contributed by atoms with Gasteiger partial charge in [0.15, 0.2) is 12.2 Å². The van der Waals surface area contributed by atoms with Gasteiger partial charge in [0, 0.05) is 26.6 Å². The lowest BCUT2D eigenvalue weighted by Crippen LogP contribution is -2.30. The second kappa shape index (κ2) is 18.6. The Kier molecular flexibility index (Phi) is 14.9. The molecule has 0 aromatic heterocycles. The zero-order valence-electron chi connectivity index (χ0n) is 26.4. The average molecular weight is 613 g/mol. The molecule has 236 valence electrons. The van der Waals surface area contributed by atoms with Crippen molar-refractivity contribution >= 4 is 45.1 Å². The van der Waals surface area contributed by atoms with E-state index in [2.05, 4.69) is 13.8 Å². The SMILES string of the molecule is CCCCCCCC(Oc1c2ccccc2c(OC(CCCCCCC)C(=O)OCC)c2cc(Cl)ccc12)C(=O)OCC. The van der Waals surface area contributed by atoms with Crippen LogP contribution in [0.4, 0.5) is 0 Å². The maximum atomic E-state index is 13.1. The minimum absolute atomic E-state index is 0.280. The predicted molar refractivity (Wildman–Crippen MR) is 175 cm³/mol. The van der Waals surface area contributed by atoms with Gasteiger partial charge in [-0.25, -0.2) is 9.59 Å². The second-order valence-corrected chi connectivity index (χ2v) is 11.5. The highest BCUT2D eigenvalue weighted by Crippen LogP contribution is 2.45. The Balaban J connectivity index is 2.06. The van der Waals surface area contributed by atoms with Gasteiger partial charge in [-0.15, -0.1) is 0 Å². The van der Waals surface area contributed by atoms with E-state index >= 15 is 0 Å². The quantitative estimate of drug-likeness (QED) is 0.0718. The molecular formula is C36H49ClO6. The zero-order valence-corrected chi connectivity index (χ0v) is 27.2. The molecule has 0 saturated carbocycles. The number of fused-ring (bicyclic) bond motifs is 2. The first-order chi connectivity index (χ1) is 20.9. The summed E-state index contributed by atoms with van der Waals surface area (Å²) in [6.07, 6.45) is 10.3. The molecule has 0 aliphatic heterocycles. The van der Waals surface area contributed by atoms with Crippen LogP contribution in [0.5, 0.6) is 11.5 Å². The Morgan fingerprint density at radius 2 is 1.05 bits per heavy atom. The minimum Gasteiger partial charge on any atom is -0.477 e. The van der Waals surface area contributed by atoms with Gasteiger partial charge in [-0.2, -0.15) is 0 Å². The molecule has 0 heterocycles. The van der Waals surface area contributed by atoms with Gasteiger partial charge in [0.2, 0.25) is 0 Å². The smallest absolute Gasteiger partial charge is 0.347 e. The number of carbonyl (C=O) groups is 2. The second-order valence-electron chi connectivity index (χ2n) is 11.0. The van der Waals surface area contributed by atoms with Crippen LogP contribution in [0.3, 0.4) is 0 Å². The molecule has 0 N–H and O–H groups in total. The van der Waals surface area contributed by atoms with Gasteiger partial charge in [0.05, 0.1) is 13.2 Å². The van der Waals surface area contributed by atoms with Gasteiger partial charge in [-0.1, -0.05) is 101 Å². The first-order valence-corrected chi connectivity index (χ1v) is 16.6. The predicted octanol–water partition coefficient (Wildman–Crippen LogP) is 9.99. The van der Waals surface area contributed by atoms with Crippen LogP contribution in [0.15, 0.2) is 42.5 Å². The standard InChI is InChI=1S/C36H49ClO6/c1-5-9-11-13-15-21-31(35(38)40-7-3)42-33-27-19-17-18-20-28(27)34(30-25-26(37)23-24-29(30)33)43-32(36(39)41-8-4)22-16-14-12-10-6-2/h17-20,23-25,31-32H,5-16,21-22H2,1-4H3. The Morgan fingerprint density at radius 3 is 1.51 bits per heavy atom. The van der Waals surface area contributed by atoms with Crippen LogP contribution in [0.1, 0.15) is 105 Å². The van der Waals surface area contributed by atoms with Crippen molar-refractivity contribution in [2.45, 2.75) is 117 Å². The molecule has 0 amide bonds. The Labute approximate surface area is 262 Å². The third-order valence-electron chi connectivity index (χ3n) is 7.65. The fraction of sp³-hybridized carbons (Fsp3) is 0.556. The average Bonchev–Trinajstić information content (AvgIpc) is 3.00. The monoisotopic (exact) mass is 612 g/mol. The van der Waals surface area contributed by atoms with Gasteiger partial charge >= 0.3 is 11.9 Å². The Morgan fingerprint density at radius 1 is 0.605 bits per heavy atom. The fourth-order valence-corrected chi connectivity index (χ4v) is 5.57. The molecule has 43 heavy (non-hydrogen) atoms. The van der Waals surface area contributed by atoms with Gasteiger partial charge in [0.1, 0.15) is 11.5 Å². The maximum absolute atomic E-state index is 13.1. The molecule has 0 bridgehead atoms. The van der Waals surface area contributed by atoms with Crippen LogP contribution >= 0.6 is 11.6 Å². The van der Waals surface area contributed by atoms with Crippen molar-refractivity contribution in [2.24, 2.45) is 0 Å². The maximum Gasteiger partial charge on any atom is 0.347 e. The normalized spacial score (nSPS) is 12.7.